The van der Waals surface area contributed by atoms with Crippen LogP contribution in [0, 0.1) is 0 Å². The maximum absolute atomic E-state index is 12.3. The smallest absolute Gasteiger partial charge is 0.326 e. The van der Waals surface area contributed by atoms with Crippen LogP contribution in [-0.2, 0) is 16.1 Å². The Hall–Kier alpha value is -2.28. The fraction of sp³-hybridized carbons (Fsp3) is 0.308. The van der Waals surface area contributed by atoms with E-state index in [1.54, 1.807) is 18.2 Å². The fourth-order valence-corrected chi connectivity index (χ4v) is 2.42. The van der Waals surface area contributed by atoms with Crippen molar-refractivity contribution in [3.8, 4) is 0 Å². The van der Waals surface area contributed by atoms with E-state index < -0.39 is 23.9 Å². The van der Waals surface area contributed by atoms with Crippen LogP contribution >= 0.6 is 11.8 Å². The normalized spacial score (nSPS) is 14.7. The molecule has 0 spiro atoms. The molecule has 3 N–H and O–H groups in total. The van der Waals surface area contributed by atoms with Crippen LogP contribution in [0.1, 0.15) is 28.8 Å². The molecule has 0 bridgehead atoms. The Kier molecular flexibility index (Phi) is 4.32. The number of benzene rings is 1. The van der Waals surface area contributed by atoms with E-state index in [2.05, 4.69) is 4.84 Å². The van der Waals surface area contributed by atoms with E-state index in [1.165, 1.54) is 4.90 Å². The highest BCUT2D eigenvalue weighted by Crippen LogP contribution is 2.28. The van der Waals surface area contributed by atoms with Crippen molar-refractivity contribution in [2.24, 2.45) is 0 Å². The average molecular weight is 313 g/mol. The fourth-order valence-electron chi connectivity index (χ4n) is 2.31. The first-order valence-corrected chi connectivity index (χ1v) is 6.57. The number of nitrogens with zero attached hydrogens (tertiary/aromatic N) is 1. The van der Waals surface area contributed by atoms with Crippen LogP contribution in [0.5, 0.6) is 0 Å². The summed E-state index contributed by atoms with van der Waals surface area (Å²) in [6.07, 6.45) is -0.448. The van der Waals surface area contributed by atoms with Gasteiger partial charge in [-0.2, -0.15) is 0 Å². The SMILES string of the molecule is O=C(O)CCC(C(=O)O)N1Cc2ccc(NCl)cc2C1=O. The first-order valence-electron chi connectivity index (χ1n) is 6.19. The molecule has 1 atom stereocenters. The van der Waals surface area contributed by atoms with Gasteiger partial charge in [0.25, 0.3) is 5.91 Å². The highest BCUT2D eigenvalue weighted by molar-refractivity contribution is 6.24. The minimum atomic E-state index is -1.21. The first-order chi connectivity index (χ1) is 9.93. The van der Waals surface area contributed by atoms with E-state index in [-0.39, 0.29) is 19.4 Å². The summed E-state index contributed by atoms with van der Waals surface area (Å²) in [7, 11) is 0. The van der Waals surface area contributed by atoms with Crippen LogP contribution < -0.4 is 4.84 Å². The van der Waals surface area contributed by atoms with Crippen LogP contribution in [0.4, 0.5) is 5.69 Å². The quantitative estimate of drug-likeness (QED) is 0.688. The lowest BCUT2D eigenvalue weighted by molar-refractivity contribution is -0.143. The first kappa shape index (κ1) is 15.1. The largest absolute Gasteiger partial charge is 0.481 e. The second-order valence-electron chi connectivity index (χ2n) is 4.69. The number of halogens is 1. The lowest BCUT2D eigenvalue weighted by Crippen LogP contribution is -2.41. The summed E-state index contributed by atoms with van der Waals surface area (Å²) < 4.78 is 0. The Morgan fingerprint density at radius 2 is 2.10 bits per heavy atom. The van der Waals surface area contributed by atoms with Crippen molar-refractivity contribution in [3.63, 3.8) is 0 Å². The van der Waals surface area contributed by atoms with E-state index in [9.17, 15) is 19.5 Å². The van der Waals surface area contributed by atoms with Crippen molar-refractivity contribution in [2.45, 2.75) is 25.4 Å². The van der Waals surface area contributed by atoms with Gasteiger partial charge in [0.2, 0.25) is 0 Å². The number of carbonyl (C=O) groups is 3. The molecule has 1 unspecified atom stereocenters. The number of hydrogen-bond acceptors (Lipinski definition) is 4. The van der Waals surface area contributed by atoms with Crippen LogP contribution in [0.25, 0.3) is 0 Å². The molecule has 0 fully saturated rings. The van der Waals surface area contributed by atoms with Gasteiger partial charge in [-0.05, 0) is 24.1 Å². The predicted molar refractivity (Wildman–Crippen MR) is 74.1 cm³/mol. The number of anilines is 1. The Bertz CT molecular complexity index is 604. The molecule has 0 aromatic heterocycles. The zero-order valence-corrected chi connectivity index (χ0v) is 11.6. The average Bonchev–Trinajstić information content (AvgIpc) is 2.75. The summed E-state index contributed by atoms with van der Waals surface area (Å²) in [5, 5.41) is 17.9. The summed E-state index contributed by atoms with van der Waals surface area (Å²) in [5.41, 5.74) is 1.60. The maximum Gasteiger partial charge on any atom is 0.326 e. The molecule has 2 rings (SSSR count). The maximum atomic E-state index is 12.3. The topological polar surface area (TPSA) is 107 Å². The highest BCUT2D eigenvalue weighted by Gasteiger charge is 2.36. The molecule has 1 aromatic rings. The lowest BCUT2D eigenvalue weighted by Gasteiger charge is -2.23. The second kappa shape index (κ2) is 6.01. The number of hydrogen-bond donors (Lipinski definition) is 3. The zero-order chi connectivity index (χ0) is 15.6. The van der Waals surface area contributed by atoms with Gasteiger partial charge in [-0.15, -0.1) is 0 Å². The van der Waals surface area contributed by atoms with E-state index in [1.807, 2.05) is 0 Å². The van der Waals surface area contributed by atoms with Crippen molar-refractivity contribution in [2.75, 3.05) is 4.84 Å². The number of amides is 1. The molecule has 0 saturated carbocycles. The monoisotopic (exact) mass is 312 g/mol. The molecule has 112 valence electrons. The van der Waals surface area contributed by atoms with Gasteiger partial charge in [0, 0.05) is 36.0 Å². The van der Waals surface area contributed by atoms with Gasteiger partial charge in [0.15, 0.2) is 0 Å². The third-order valence-electron chi connectivity index (χ3n) is 3.34. The number of aliphatic carboxylic acids is 2. The second-order valence-corrected chi connectivity index (χ2v) is 4.87. The predicted octanol–water partition coefficient (Wildman–Crippen LogP) is 1.53. The van der Waals surface area contributed by atoms with E-state index in [4.69, 9.17) is 16.9 Å². The van der Waals surface area contributed by atoms with Gasteiger partial charge in [-0.3, -0.25) is 14.4 Å². The summed E-state index contributed by atoms with van der Waals surface area (Å²) in [4.78, 5) is 37.8. The number of carboxylic acids is 2. The van der Waals surface area contributed by atoms with Crippen LogP contribution in [0.2, 0.25) is 0 Å². The van der Waals surface area contributed by atoms with E-state index in [0.717, 1.165) is 0 Å². The number of carbonyl (C=O) groups excluding carboxylic acids is 1. The van der Waals surface area contributed by atoms with Crippen molar-refractivity contribution in [3.05, 3.63) is 29.3 Å². The Morgan fingerprint density at radius 1 is 1.38 bits per heavy atom. The molecule has 0 radical (unpaired) electrons. The van der Waals surface area contributed by atoms with Gasteiger partial charge in [-0.25, -0.2) is 4.79 Å². The molecule has 1 heterocycles. The molecular formula is C13H13ClN2O5. The van der Waals surface area contributed by atoms with Crippen LogP contribution in [0.3, 0.4) is 0 Å². The molecule has 7 nitrogen and oxygen atoms in total. The van der Waals surface area contributed by atoms with Gasteiger partial charge in [-0.1, -0.05) is 6.07 Å². The summed E-state index contributed by atoms with van der Waals surface area (Å²) in [6, 6.07) is 3.75. The molecule has 8 heteroatoms. The molecular weight excluding hydrogens is 300 g/mol. The van der Waals surface area contributed by atoms with Gasteiger partial charge >= 0.3 is 11.9 Å². The molecule has 0 saturated heterocycles. The van der Waals surface area contributed by atoms with Crippen LogP contribution in [-0.4, -0.2) is 39.0 Å². The summed E-state index contributed by atoms with van der Waals surface area (Å²) in [5.74, 6) is -2.75. The third-order valence-corrected chi connectivity index (χ3v) is 3.56. The van der Waals surface area contributed by atoms with Crippen molar-refractivity contribution >= 4 is 35.3 Å². The Morgan fingerprint density at radius 3 is 2.67 bits per heavy atom. The zero-order valence-electron chi connectivity index (χ0n) is 10.9. The number of fused-ring (bicyclic) bond motifs is 1. The molecule has 21 heavy (non-hydrogen) atoms. The number of rotatable bonds is 6. The van der Waals surface area contributed by atoms with Crippen LogP contribution in [0.15, 0.2) is 18.2 Å². The van der Waals surface area contributed by atoms with Gasteiger partial charge in [0.1, 0.15) is 6.04 Å². The number of nitrogens with one attached hydrogen (secondary N) is 1. The van der Waals surface area contributed by atoms with E-state index >= 15 is 0 Å². The number of carboxylic acid groups (broad SMARTS) is 2. The van der Waals surface area contributed by atoms with Crippen molar-refractivity contribution < 1.29 is 24.6 Å². The lowest BCUT2D eigenvalue weighted by atomic mass is 10.1. The molecule has 1 aromatic carbocycles. The van der Waals surface area contributed by atoms with Gasteiger partial charge in [0.05, 0.1) is 0 Å². The molecule has 0 aliphatic carbocycles. The minimum Gasteiger partial charge on any atom is -0.481 e. The Balaban J connectivity index is 2.23. The van der Waals surface area contributed by atoms with Crippen molar-refractivity contribution in [1.29, 1.82) is 0 Å². The molecule has 1 aliphatic rings. The molecule has 1 aliphatic heterocycles. The third kappa shape index (κ3) is 3.08. The van der Waals surface area contributed by atoms with Gasteiger partial charge < -0.3 is 15.1 Å². The van der Waals surface area contributed by atoms with E-state index in [0.29, 0.717) is 16.8 Å². The molecule has 1 amide bonds. The standard InChI is InChI=1S/C13H13ClN2O5/c14-15-8-2-1-7-6-16(12(19)9(7)5-8)10(13(20)21)3-4-11(17)18/h1-2,5,10,15H,3-4,6H2,(H,17,18)(H,20,21). The Labute approximate surface area is 125 Å². The summed E-state index contributed by atoms with van der Waals surface area (Å²) in [6.45, 7) is 0.146. The minimum absolute atomic E-state index is 0.134. The summed E-state index contributed by atoms with van der Waals surface area (Å²) >= 11 is 5.48. The van der Waals surface area contributed by atoms with Crippen molar-refractivity contribution in [1.82, 2.24) is 4.90 Å². The highest BCUT2D eigenvalue weighted by atomic mass is 35.5.